The van der Waals surface area contributed by atoms with Crippen molar-refractivity contribution in [1.29, 1.82) is 5.26 Å². The Morgan fingerprint density at radius 1 is 1.38 bits per heavy atom. The number of benzene rings is 1. The Hall–Kier alpha value is -1.99. The van der Waals surface area contributed by atoms with Crippen molar-refractivity contribution in [2.24, 2.45) is 0 Å². The van der Waals surface area contributed by atoms with Crippen LogP contribution in [0.2, 0.25) is 0 Å². The van der Waals surface area contributed by atoms with E-state index in [1.165, 1.54) is 0 Å². The van der Waals surface area contributed by atoms with E-state index in [2.05, 4.69) is 0 Å². The first kappa shape index (κ1) is 12.1. The minimum atomic E-state index is 0.377. The minimum absolute atomic E-state index is 0.377. The van der Waals surface area contributed by atoms with E-state index in [0.29, 0.717) is 30.2 Å². The summed E-state index contributed by atoms with van der Waals surface area (Å²) in [4.78, 5) is 0. The van der Waals surface area contributed by atoms with E-state index in [1.54, 1.807) is 25.3 Å². The molecule has 0 saturated heterocycles. The molecule has 84 valence electrons. The van der Waals surface area contributed by atoms with E-state index in [1.807, 2.05) is 18.2 Å². The largest absolute Gasteiger partial charge is 0.488 e. The highest BCUT2D eigenvalue weighted by Crippen LogP contribution is 2.22. The van der Waals surface area contributed by atoms with Crippen LogP contribution in [0.1, 0.15) is 5.56 Å². The molecule has 0 amide bonds. The van der Waals surface area contributed by atoms with Gasteiger partial charge in [0, 0.05) is 7.11 Å². The molecule has 0 spiro atoms. The fourth-order valence-electron chi connectivity index (χ4n) is 1.16. The van der Waals surface area contributed by atoms with Gasteiger partial charge in [0.15, 0.2) is 0 Å². The molecule has 1 aromatic carbocycles. The van der Waals surface area contributed by atoms with Gasteiger partial charge in [-0.2, -0.15) is 5.26 Å². The molecule has 0 radical (unpaired) electrons. The molecule has 0 aliphatic carbocycles. The molecule has 0 heterocycles. The first-order valence-electron chi connectivity index (χ1n) is 4.85. The van der Waals surface area contributed by atoms with Gasteiger partial charge in [0.25, 0.3) is 0 Å². The van der Waals surface area contributed by atoms with Gasteiger partial charge in [-0.25, -0.2) is 0 Å². The average Bonchev–Trinajstić information content (AvgIpc) is 2.29. The van der Waals surface area contributed by atoms with Gasteiger partial charge in [0.05, 0.1) is 12.3 Å². The van der Waals surface area contributed by atoms with Crippen LogP contribution in [0.15, 0.2) is 30.4 Å². The van der Waals surface area contributed by atoms with Crippen LogP contribution in [0.4, 0.5) is 5.69 Å². The van der Waals surface area contributed by atoms with Gasteiger partial charge in [-0.15, -0.1) is 0 Å². The van der Waals surface area contributed by atoms with Gasteiger partial charge in [0.1, 0.15) is 24.0 Å². The first-order valence-corrected chi connectivity index (χ1v) is 4.85. The number of anilines is 1. The number of methoxy groups -OCH3 is 1. The number of nitrogen functional groups attached to an aromatic ring is 1. The Kier molecular flexibility index (Phi) is 4.90. The Labute approximate surface area is 94.9 Å². The normalized spacial score (nSPS) is 10.2. The third-order valence-electron chi connectivity index (χ3n) is 1.93. The van der Waals surface area contributed by atoms with Crippen molar-refractivity contribution in [3.05, 3.63) is 35.9 Å². The number of ether oxygens (including phenoxy) is 2. The van der Waals surface area contributed by atoms with Crippen LogP contribution in [0.25, 0.3) is 0 Å². The Morgan fingerprint density at radius 3 is 2.81 bits per heavy atom. The van der Waals surface area contributed by atoms with E-state index >= 15 is 0 Å². The molecule has 2 N–H and O–H groups in total. The molecule has 0 aromatic heterocycles. The number of nitrogens with zero attached hydrogens (tertiary/aromatic N) is 1. The Morgan fingerprint density at radius 2 is 2.12 bits per heavy atom. The zero-order valence-corrected chi connectivity index (χ0v) is 9.14. The van der Waals surface area contributed by atoms with E-state index in [9.17, 15) is 0 Å². The molecule has 4 heteroatoms. The van der Waals surface area contributed by atoms with Crippen molar-refractivity contribution < 1.29 is 9.47 Å². The summed E-state index contributed by atoms with van der Waals surface area (Å²) in [5.41, 5.74) is 6.45. The standard InChI is InChI=1S/C12H14N2O2/c1-15-7-2-3-8-16-12-6-4-5-11(14)10(12)9-13/h2-6H,7-8,14H2,1H3. The molecule has 4 nitrogen and oxygen atoms in total. The second-order valence-corrected chi connectivity index (χ2v) is 3.07. The third kappa shape index (κ3) is 3.30. The van der Waals surface area contributed by atoms with Crippen molar-refractivity contribution in [2.45, 2.75) is 0 Å². The number of rotatable bonds is 5. The summed E-state index contributed by atoms with van der Waals surface area (Å²) >= 11 is 0. The smallest absolute Gasteiger partial charge is 0.139 e. The van der Waals surface area contributed by atoms with Crippen molar-refractivity contribution >= 4 is 5.69 Å². The summed E-state index contributed by atoms with van der Waals surface area (Å²) in [6.45, 7) is 0.937. The van der Waals surface area contributed by atoms with Crippen molar-refractivity contribution in [1.82, 2.24) is 0 Å². The number of hydrogen-bond donors (Lipinski definition) is 1. The zero-order chi connectivity index (χ0) is 11.8. The van der Waals surface area contributed by atoms with Crippen LogP contribution in [-0.4, -0.2) is 20.3 Å². The van der Waals surface area contributed by atoms with Gasteiger partial charge < -0.3 is 15.2 Å². The quantitative estimate of drug-likeness (QED) is 0.603. The van der Waals surface area contributed by atoms with Gasteiger partial charge in [0.2, 0.25) is 0 Å². The number of hydrogen-bond acceptors (Lipinski definition) is 4. The maximum absolute atomic E-state index is 8.89. The molecule has 1 rings (SSSR count). The maximum Gasteiger partial charge on any atom is 0.139 e. The highest BCUT2D eigenvalue weighted by molar-refractivity contribution is 5.60. The third-order valence-corrected chi connectivity index (χ3v) is 1.93. The molecule has 0 aliphatic rings. The molecule has 0 unspecified atom stereocenters. The molecule has 0 bridgehead atoms. The van der Waals surface area contributed by atoms with Gasteiger partial charge in [-0.05, 0) is 18.2 Å². The van der Waals surface area contributed by atoms with Crippen molar-refractivity contribution in [2.75, 3.05) is 26.1 Å². The van der Waals surface area contributed by atoms with E-state index < -0.39 is 0 Å². The average molecular weight is 218 g/mol. The highest BCUT2D eigenvalue weighted by Gasteiger charge is 2.05. The van der Waals surface area contributed by atoms with Crippen LogP contribution < -0.4 is 10.5 Å². The molecule has 1 aromatic rings. The molecule has 0 saturated carbocycles. The molecule has 0 fully saturated rings. The van der Waals surface area contributed by atoms with Crippen LogP contribution in [0.5, 0.6) is 5.75 Å². The summed E-state index contributed by atoms with van der Waals surface area (Å²) in [7, 11) is 1.62. The van der Waals surface area contributed by atoms with Crippen LogP contribution in [0, 0.1) is 11.3 Å². The molecule has 0 aliphatic heterocycles. The summed E-state index contributed by atoms with van der Waals surface area (Å²) in [5, 5.41) is 8.89. The summed E-state index contributed by atoms with van der Waals surface area (Å²) in [6, 6.07) is 7.17. The molecule has 16 heavy (non-hydrogen) atoms. The van der Waals surface area contributed by atoms with E-state index in [4.69, 9.17) is 20.5 Å². The Bertz CT molecular complexity index is 408. The van der Waals surface area contributed by atoms with Gasteiger partial charge in [-0.1, -0.05) is 12.1 Å². The molecular formula is C12H14N2O2. The minimum Gasteiger partial charge on any atom is -0.488 e. The topological polar surface area (TPSA) is 68.3 Å². The monoisotopic (exact) mass is 218 g/mol. The molecule has 0 atom stereocenters. The fourth-order valence-corrected chi connectivity index (χ4v) is 1.16. The first-order chi connectivity index (χ1) is 7.79. The zero-order valence-electron chi connectivity index (χ0n) is 9.14. The lowest BCUT2D eigenvalue weighted by Gasteiger charge is -2.06. The lowest BCUT2D eigenvalue weighted by atomic mass is 10.2. The lowest BCUT2D eigenvalue weighted by molar-refractivity contribution is 0.233. The van der Waals surface area contributed by atoms with Crippen molar-refractivity contribution in [3.63, 3.8) is 0 Å². The highest BCUT2D eigenvalue weighted by atomic mass is 16.5. The predicted molar refractivity (Wildman–Crippen MR) is 62.1 cm³/mol. The molecular weight excluding hydrogens is 204 g/mol. The predicted octanol–water partition coefficient (Wildman–Crippen LogP) is 1.72. The fraction of sp³-hybridized carbons (Fsp3) is 0.250. The summed E-state index contributed by atoms with van der Waals surface area (Å²) in [5.74, 6) is 0.504. The van der Waals surface area contributed by atoms with E-state index in [-0.39, 0.29) is 0 Å². The Balaban J connectivity index is 2.61. The van der Waals surface area contributed by atoms with Gasteiger partial charge in [-0.3, -0.25) is 0 Å². The number of nitriles is 1. The SMILES string of the molecule is COCC=CCOc1cccc(N)c1C#N. The van der Waals surface area contributed by atoms with Gasteiger partial charge >= 0.3 is 0 Å². The van der Waals surface area contributed by atoms with E-state index in [0.717, 1.165) is 0 Å². The van der Waals surface area contributed by atoms with Crippen molar-refractivity contribution in [3.8, 4) is 11.8 Å². The van der Waals surface area contributed by atoms with Crippen LogP contribution in [0.3, 0.4) is 0 Å². The second-order valence-electron chi connectivity index (χ2n) is 3.07. The summed E-state index contributed by atoms with van der Waals surface area (Å²) < 4.78 is 10.3. The van der Waals surface area contributed by atoms with Crippen LogP contribution >= 0.6 is 0 Å². The second kappa shape index (κ2) is 6.49. The maximum atomic E-state index is 8.89. The summed E-state index contributed by atoms with van der Waals surface area (Å²) in [6.07, 6.45) is 3.67. The van der Waals surface area contributed by atoms with Crippen LogP contribution in [-0.2, 0) is 4.74 Å². The lowest BCUT2D eigenvalue weighted by Crippen LogP contribution is -1.99. The number of nitrogens with two attached hydrogens (primary N) is 1.